The Morgan fingerprint density at radius 2 is 1.26 bits per heavy atom. The van der Waals surface area contributed by atoms with Crippen molar-refractivity contribution in [3.8, 4) is 0 Å². The number of nitrogens with zero attached hydrogens (tertiary/aromatic N) is 3. The van der Waals surface area contributed by atoms with Crippen molar-refractivity contribution in [2.75, 3.05) is 4.57 Å². The molecule has 234 valence electrons. The van der Waals surface area contributed by atoms with Crippen molar-refractivity contribution in [1.29, 1.82) is 0 Å². The van der Waals surface area contributed by atoms with Crippen molar-refractivity contribution in [1.82, 2.24) is 8.67 Å². The molecule has 6 heteroatoms. The standard InChI is InChI=1S/C37H58N3PSi2/c1-26(2)31-19-16-20-32(27(3)4)34(31)38(43(23-24-43)30-17-14-13-15-18-30)33-28-21-22-29(25-28)35(33)41-39(36(5,6)7)42(11,12)40(41)37(8,9)10/h13-20,26-29H,21-25H2,1-12H3. The topological polar surface area (TPSA) is 9.72 Å². The summed E-state index contributed by atoms with van der Waals surface area (Å²) >= 11 is 0. The highest BCUT2D eigenvalue weighted by Gasteiger charge is 2.66. The van der Waals surface area contributed by atoms with Crippen molar-refractivity contribution >= 4 is 35.7 Å². The minimum Gasteiger partial charge on any atom is -0.366 e. The lowest BCUT2D eigenvalue weighted by Gasteiger charge is -2.71. The zero-order valence-corrected chi connectivity index (χ0v) is 32.1. The predicted molar refractivity (Wildman–Crippen MR) is 194 cm³/mol. The lowest BCUT2D eigenvalue weighted by molar-refractivity contribution is 0.240. The first kappa shape index (κ1) is 31.7. The fourth-order valence-corrected chi connectivity index (χ4v) is 25.0. The van der Waals surface area contributed by atoms with Crippen LogP contribution in [-0.2, 0) is 0 Å². The van der Waals surface area contributed by atoms with E-state index in [4.69, 9.17) is 0 Å². The number of anilines is 1. The van der Waals surface area contributed by atoms with Crippen LogP contribution in [0.3, 0.4) is 0 Å². The van der Waals surface area contributed by atoms with Gasteiger partial charge in [0.15, 0.2) is 8.24 Å². The summed E-state index contributed by atoms with van der Waals surface area (Å²) in [5, 5.41) is 3.53. The van der Waals surface area contributed by atoms with E-state index < -0.39 is 24.9 Å². The van der Waals surface area contributed by atoms with Crippen molar-refractivity contribution in [3.05, 3.63) is 70.7 Å². The summed E-state index contributed by atoms with van der Waals surface area (Å²) in [4.78, 5) is 0. The first-order valence-corrected chi connectivity index (χ1v) is 23.7. The molecule has 0 radical (unpaired) electrons. The van der Waals surface area contributed by atoms with Crippen LogP contribution in [0.15, 0.2) is 59.5 Å². The normalized spacial score (nSPS) is 25.6. The van der Waals surface area contributed by atoms with Crippen LogP contribution >= 0.6 is 8.22 Å². The number of allylic oxidation sites excluding steroid dienone is 2. The maximum absolute atomic E-state index is 3.17. The summed E-state index contributed by atoms with van der Waals surface area (Å²) in [5.74, 6) is 2.43. The van der Waals surface area contributed by atoms with E-state index in [0.29, 0.717) is 17.8 Å². The molecule has 6 rings (SSSR count). The molecule has 0 amide bonds. The van der Waals surface area contributed by atoms with E-state index in [1.807, 2.05) is 5.31 Å². The lowest BCUT2D eigenvalue weighted by atomic mass is 9.92. The molecule has 2 atom stereocenters. The van der Waals surface area contributed by atoms with Gasteiger partial charge in [0.1, 0.15) is 0 Å². The Labute approximate surface area is 267 Å². The third kappa shape index (κ3) is 4.99. The van der Waals surface area contributed by atoms with Crippen molar-refractivity contribution in [2.24, 2.45) is 11.8 Å². The summed E-state index contributed by atoms with van der Waals surface area (Å²) in [5.41, 5.74) is 6.87. The van der Waals surface area contributed by atoms with Crippen LogP contribution < -0.4 is 9.75 Å². The van der Waals surface area contributed by atoms with Crippen LogP contribution in [-0.4, -0.2) is 36.4 Å². The highest BCUT2D eigenvalue weighted by atomic mass is 31.1. The van der Waals surface area contributed by atoms with Gasteiger partial charge in [-0.05, 0) is 126 Å². The van der Waals surface area contributed by atoms with E-state index in [1.54, 1.807) is 27.7 Å². The first-order chi connectivity index (χ1) is 20.0. The molecule has 2 aromatic rings. The molecule has 2 heterocycles. The molecule has 3 fully saturated rings. The van der Waals surface area contributed by atoms with E-state index in [1.165, 1.54) is 31.4 Å². The third-order valence-corrected chi connectivity index (χ3v) is 25.3. The molecule has 43 heavy (non-hydrogen) atoms. The van der Waals surface area contributed by atoms with E-state index in [-0.39, 0.29) is 11.1 Å². The van der Waals surface area contributed by atoms with Crippen LogP contribution in [0.25, 0.3) is 0 Å². The van der Waals surface area contributed by atoms with Gasteiger partial charge in [-0.15, -0.1) is 0 Å². The van der Waals surface area contributed by atoms with Gasteiger partial charge in [-0.2, -0.15) is 0 Å². The molecule has 4 aliphatic rings. The largest absolute Gasteiger partial charge is 0.366 e. The van der Waals surface area contributed by atoms with Gasteiger partial charge in [0.2, 0.25) is 8.40 Å². The van der Waals surface area contributed by atoms with Crippen LogP contribution in [0.2, 0.25) is 25.2 Å². The zero-order chi connectivity index (χ0) is 31.3. The second-order valence-corrected chi connectivity index (χ2v) is 27.6. The first-order valence-electron chi connectivity index (χ1n) is 17.1. The number of benzene rings is 2. The van der Waals surface area contributed by atoms with Gasteiger partial charge >= 0.3 is 0 Å². The lowest BCUT2D eigenvalue weighted by Crippen LogP contribution is -2.77. The van der Waals surface area contributed by atoms with Gasteiger partial charge in [-0.25, -0.2) is 0 Å². The molecule has 2 aliphatic carbocycles. The van der Waals surface area contributed by atoms with Gasteiger partial charge in [0.25, 0.3) is 0 Å². The minimum absolute atomic E-state index is 0.168. The quantitative estimate of drug-likeness (QED) is 0.222. The molecule has 0 spiro atoms. The third-order valence-electron chi connectivity index (χ3n) is 10.6. The summed E-state index contributed by atoms with van der Waals surface area (Å²) in [6, 6.07) is 21.8. The number of fused-ring (bicyclic) bond motifs is 2. The van der Waals surface area contributed by atoms with Crippen molar-refractivity contribution in [3.63, 3.8) is 0 Å². The molecule has 2 bridgehead atoms. The van der Waals surface area contributed by atoms with Crippen molar-refractivity contribution < 1.29 is 0 Å². The zero-order valence-electron chi connectivity index (χ0n) is 29.3. The molecule has 1 saturated carbocycles. The monoisotopic (exact) mass is 631 g/mol. The van der Waals surface area contributed by atoms with Crippen LogP contribution in [0, 0.1) is 11.8 Å². The molecule has 3 nitrogen and oxygen atoms in total. The number of hydrogen-bond acceptors (Lipinski definition) is 3. The maximum atomic E-state index is 3.17. The Morgan fingerprint density at radius 1 is 0.744 bits per heavy atom. The second kappa shape index (κ2) is 10.7. The Kier molecular flexibility index (Phi) is 7.87. The van der Waals surface area contributed by atoms with Gasteiger partial charge in [-0.1, -0.05) is 76.2 Å². The van der Waals surface area contributed by atoms with Gasteiger partial charge in [-0.3, -0.25) is 8.67 Å². The van der Waals surface area contributed by atoms with Gasteiger partial charge in [0, 0.05) is 27.8 Å². The SMILES string of the molecule is CC(C)c1cccc(C(C)C)c1N(C1=C(P2N(C(C)(C)C)[Si](C)(C)N2C(C)(C)C)C2CCC1C2)[Si]1(c2ccccc2)CC1. The van der Waals surface area contributed by atoms with Crippen LogP contribution in [0.4, 0.5) is 5.69 Å². The summed E-state index contributed by atoms with van der Waals surface area (Å²) in [6.07, 6.45) is 4.13. The fourth-order valence-electron chi connectivity index (χ4n) is 9.33. The van der Waals surface area contributed by atoms with E-state index in [0.717, 1.165) is 5.92 Å². The maximum Gasteiger partial charge on any atom is 0.210 e. The van der Waals surface area contributed by atoms with Crippen LogP contribution in [0.5, 0.6) is 0 Å². The summed E-state index contributed by atoms with van der Waals surface area (Å²) < 4.78 is 9.33. The summed E-state index contributed by atoms with van der Waals surface area (Å²) in [6.45, 7) is 29.9. The minimum atomic E-state index is -1.94. The molecule has 2 saturated heterocycles. The summed E-state index contributed by atoms with van der Waals surface area (Å²) in [7, 11) is -4.24. The molecule has 2 aliphatic heterocycles. The molecule has 0 N–H and O–H groups in total. The second-order valence-electron chi connectivity index (χ2n) is 17.1. The average Bonchev–Trinajstić information content (AvgIpc) is 3.43. The Balaban J connectivity index is 1.68. The molecule has 0 aromatic heterocycles. The van der Waals surface area contributed by atoms with E-state index >= 15 is 0 Å². The smallest absolute Gasteiger partial charge is 0.210 e. The molecular weight excluding hydrogens is 574 g/mol. The average molecular weight is 632 g/mol. The predicted octanol–water partition coefficient (Wildman–Crippen LogP) is 10.5. The van der Waals surface area contributed by atoms with Gasteiger partial charge in [0.05, 0.1) is 8.22 Å². The highest BCUT2D eigenvalue weighted by molar-refractivity contribution is 7.66. The number of para-hydroxylation sites is 1. The van der Waals surface area contributed by atoms with E-state index in [2.05, 4.69) is 144 Å². The van der Waals surface area contributed by atoms with Crippen LogP contribution in [0.1, 0.15) is 111 Å². The Hall–Kier alpha value is -1.24. The van der Waals surface area contributed by atoms with Gasteiger partial charge < -0.3 is 4.57 Å². The fraction of sp³-hybridized carbons (Fsp3) is 0.622. The van der Waals surface area contributed by atoms with E-state index in [9.17, 15) is 0 Å². The Morgan fingerprint density at radius 3 is 1.72 bits per heavy atom. The molecule has 2 aromatic carbocycles. The van der Waals surface area contributed by atoms with Crippen molar-refractivity contribution in [2.45, 2.75) is 137 Å². The molecular formula is C37H58N3PSi2. The highest BCUT2D eigenvalue weighted by Crippen LogP contribution is 2.76. The number of rotatable bonds is 7. The number of hydrogen-bond donors (Lipinski definition) is 0. The molecule has 2 unspecified atom stereocenters. The Bertz CT molecular complexity index is 1350.